The van der Waals surface area contributed by atoms with E-state index in [0.717, 1.165) is 3.57 Å². The Morgan fingerprint density at radius 1 is 1.29 bits per heavy atom. The summed E-state index contributed by atoms with van der Waals surface area (Å²) in [7, 11) is 0. The Morgan fingerprint density at radius 3 is 2.54 bits per heavy atom. The van der Waals surface area contributed by atoms with E-state index in [-0.39, 0.29) is 23.6 Å². The van der Waals surface area contributed by atoms with Crippen molar-refractivity contribution in [1.29, 1.82) is 0 Å². The molecule has 0 spiro atoms. The second-order valence-corrected chi connectivity index (χ2v) is 8.14. The van der Waals surface area contributed by atoms with Crippen molar-refractivity contribution in [3.05, 3.63) is 33.1 Å². The van der Waals surface area contributed by atoms with Gasteiger partial charge in [0.2, 0.25) is 0 Å². The van der Waals surface area contributed by atoms with Gasteiger partial charge in [0.05, 0.1) is 5.56 Å². The number of hydrogen-bond acceptors (Lipinski definition) is 3. The van der Waals surface area contributed by atoms with Crippen LogP contribution in [0.1, 0.15) is 38.1 Å². The molecule has 1 fully saturated rings. The number of nitrogens with zero attached hydrogens (tertiary/aromatic N) is 2. The third kappa shape index (κ3) is 4.58. The van der Waals surface area contributed by atoms with Gasteiger partial charge in [0.15, 0.2) is 0 Å². The molecule has 1 aromatic rings. The number of benzene rings is 1. The predicted octanol–water partition coefficient (Wildman–Crippen LogP) is 3.51. The molecule has 1 aromatic carbocycles. The van der Waals surface area contributed by atoms with Crippen LogP contribution in [-0.4, -0.2) is 53.1 Å². The molecule has 2 amide bonds. The van der Waals surface area contributed by atoms with Crippen molar-refractivity contribution in [3.63, 3.8) is 0 Å². The molecule has 0 N–H and O–H groups in total. The van der Waals surface area contributed by atoms with Crippen molar-refractivity contribution in [3.8, 4) is 0 Å². The summed E-state index contributed by atoms with van der Waals surface area (Å²) in [5.41, 5.74) is -0.493. The highest BCUT2D eigenvalue weighted by Gasteiger charge is 2.33. The van der Waals surface area contributed by atoms with Gasteiger partial charge in [-0.25, -0.2) is 9.18 Å². The molecule has 1 aliphatic rings. The molecule has 0 bridgehead atoms. The fourth-order valence-electron chi connectivity index (χ4n) is 2.57. The Morgan fingerprint density at radius 2 is 1.96 bits per heavy atom. The second-order valence-electron chi connectivity index (χ2n) is 6.90. The van der Waals surface area contributed by atoms with E-state index in [4.69, 9.17) is 4.74 Å². The maximum Gasteiger partial charge on any atom is 0.410 e. The van der Waals surface area contributed by atoms with Crippen LogP contribution in [0, 0.1) is 9.39 Å². The van der Waals surface area contributed by atoms with Gasteiger partial charge in [0.25, 0.3) is 5.91 Å². The molecule has 1 heterocycles. The summed E-state index contributed by atoms with van der Waals surface area (Å²) in [5.74, 6) is -0.871. The SMILES string of the molecule is C[C@H]1CN(C(=O)c2cc(I)ccc2F)CCN1C(=O)OC(C)(C)C. The minimum atomic E-state index is -0.562. The second kappa shape index (κ2) is 7.25. The number of halogens is 2. The summed E-state index contributed by atoms with van der Waals surface area (Å²) in [5, 5.41) is 0. The van der Waals surface area contributed by atoms with Crippen molar-refractivity contribution in [2.75, 3.05) is 19.6 Å². The molecule has 1 aliphatic heterocycles. The van der Waals surface area contributed by atoms with Gasteiger partial charge in [-0.3, -0.25) is 4.79 Å². The van der Waals surface area contributed by atoms with E-state index in [1.807, 2.05) is 50.3 Å². The van der Waals surface area contributed by atoms with Crippen LogP contribution in [0.15, 0.2) is 18.2 Å². The maximum atomic E-state index is 13.9. The first kappa shape index (κ1) is 19.0. The van der Waals surface area contributed by atoms with Gasteiger partial charge in [-0.05, 0) is 68.5 Å². The lowest BCUT2D eigenvalue weighted by Gasteiger charge is -2.40. The molecule has 0 aliphatic carbocycles. The van der Waals surface area contributed by atoms with Crippen molar-refractivity contribution in [2.45, 2.75) is 39.3 Å². The number of ether oxygens (including phenoxy) is 1. The summed E-state index contributed by atoms with van der Waals surface area (Å²) in [4.78, 5) is 28.0. The average molecular weight is 448 g/mol. The average Bonchev–Trinajstić information content (AvgIpc) is 2.47. The molecule has 7 heteroatoms. The molecule has 1 atom stereocenters. The zero-order valence-corrected chi connectivity index (χ0v) is 16.5. The van der Waals surface area contributed by atoms with E-state index >= 15 is 0 Å². The fourth-order valence-corrected chi connectivity index (χ4v) is 3.06. The Bertz CT molecular complexity index is 645. The van der Waals surface area contributed by atoms with Crippen LogP contribution in [0.3, 0.4) is 0 Å². The van der Waals surface area contributed by atoms with E-state index in [9.17, 15) is 14.0 Å². The van der Waals surface area contributed by atoms with Gasteiger partial charge in [-0.15, -0.1) is 0 Å². The van der Waals surface area contributed by atoms with Crippen LogP contribution in [0.5, 0.6) is 0 Å². The van der Waals surface area contributed by atoms with E-state index < -0.39 is 11.4 Å². The van der Waals surface area contributed by atoms with E-state index in [1.54, 1.807) is 21.9 Å². The monoisotopic (exact) mass is 448 g/mol. The van der Waals surface area contributed by atoms with Crippen molar-refractivity contribution >= 4 is 34.6 Å². The van der Waals surface area contributed by atoms with E-state index in [2.05, 4.69) is 0 Å². The number of amides is 2. The lowest BCUT2D eigenvalue weighted by Crippen LogP contribution is -2.56. The van der Waals surface area contributed by atoms with Gasteiger partial charge in [-0.2, -0.15) is 0 Å². The quantitative estimate of drug-likeness (QED) is 0.618. The largest absolute Gasteiger partial charge is 0.444 e. The first-order valence-electron chi connectivity index (χ1n) is 7.82. The molecule has 1 saturated heterocycles. The van der Waals surface area contributed by atoms with E-state index in [1.165, 1.54) is 6.07 Å². The van der Waals surface area contributed by atoms with Crippen LogP contribution in [0.4, 0.5) is 9.18 Å². The fraction of sp³-hybridized carbons (Fsp3) is 0.529. The van der Waals surface area contributed by atoms with Gasteiger partial charge >= 0.3 is 6.09 Å². The summed E-state index contributed by atoms with van der Waals surface area (Å²) in [6.45, 7) is 8.37. The molecule has 5 nitrogen and oxygen atoms in total. The highest BCUT2D eigenvalue weighted by molar-refractivity contribution is 14.1. The lowest BCUT2D eigenvalue weighted by atomic mass is 10.1. The van der Waals surface area contributed by atoms with Crippen LogP contribution in [0.2, 0.25) is 0 Å². The first-order chi connectivity index (χ1) is 11.1. The molecular weight excluding hydrogens is 426 g/mol. The smallest absolute Gasteiger partial charge is 0.410 e. The summed E-state index contributed by atoms with van der Waals surface area (Å²) >= 11 is 2.05. The summed E-state index contributed by atoms with van der Waals surface area (Å²) in [6.07, 6.45) is -0.387. The number of carbonyl (C=O) groups is 2. The maximum absolute atomic E-state index is 13.9. The molecule has 0 unspecified atom stereocenters. The Balaban J connectivity index is 2.06. The standard InChI is InChI=1S/C17H22FIN2O3/c1-11-10-20(7-8-21(11)16(23)24-17(2,3)4)15(22)13-9-12(19)5-6-14(13)18/h5-6,9,11H,7-8,10H2,1-4H3/t11-/m0/s1. The Hall–Kier alpha value is -1.38. The van der Waals surface area contributed by atoms with Gasteiger partial charge in [0, 0.05) is 29.2 Å². The molecule has 2 rings (SSSR count). The van der Waals surface area contributed by atoms with Crippen LogP contribution in [0.25, 0.3) is 0 Å². The zero-order chi connectivity index (χ0) is 18.1. The Labute approximate surface area is 155 Å². The Kier molecular flexibility index (Phi) is 5.72. The zero-order valence-electron chi connectivity index (χ0n) is 14.3. The third-order valence-corrected chi connectivity index (χ3v) is 4.37. The highest BCUT2D eigenvalue weighted by Crippen LogP contribution is 2.19. The van der Waals surface area contributed by atoms with E-state index in [0.29, 0.717) is 19.6 Å². The highest BCUT2D eigenvalue weighted by atomic mass is 127. The molecule has 0 radical (unpaired) electrons. The lowest BCUT2D eigenvalue weighted by molar-refractivity contribution is 0.00190. The van der Waals surface area contributed by atoms with Crippen molar-refractivity contribution in [1.82, 2.24) is 9.80 Å². The normalized spacial score (nSPS) is 18.5. The van der Waals surface area contributed by atoms with Crippen molar-refractivity contribution < 1.29 is 18.7 Å². The minimum absolute atomic E-state index is 0.0693. The van der Waals surface area contributed by atoms with Gasteiger partial charge < -0.3 is 14.5 Å². The summed E-state index contributed by atoms with van der Waals surface area (Å²) < 4.78 is 20.1. The molecule has 132 valence electrons. The van der Waals surface area contributed by atoms with Gasteiger partial charge in [0.1, 0.15) is 11.4 Å². The van der Waals surface area contributed by atoms with Gasteiger partial charge in [-0.1, -0.05) is 0 Å². The topological polar surface area (TPSA) is 49.9 Å². The number of hydrogen-bond donors (Lipinski definition) is 0. The first-order valence-corrected chi connectivity index (χ1v) is 8.90. The molecule has 0 saturated carbocycles. The third-order valence-electron chi connectivity index (χ3n) is 3.70. The van der Waals surface area contributed by atoms with Crippen LogP contribution < -0.4 is 0 Å². The number of piperazine rings is 1. The van der Waals surface area contributed by atoms with Crippen LogP contribution >= 0.6 is 22.6 Å². The molecule has 0 aromatic heterocycles. The van der Waals surface area contributed by atoms with Crippen LogP contribution in [-0.2, 0) is 4.74 Å². The van der Waals surface area contributed by atoms with Crippen molar-refractivity contribution in [2.24, 2.45) is 0 Å². The molecule has 24 heavy (non-hydrogen) atoms. The predicted molar refractivity (Wildman–Crippen MR) is 97.4 cm³/mol. The number of rotatable bonds is 1. The molecular formula is C17H22FIN2O3. The minimum Gasteiger partial charge on any atom is -0.444 e. The summed E-state index contributed by atoms with van der Waals surface area (Å²) in [6, 6.07) is 4.28. The number of carbonyl (C=O) groups excluding carboxylic acids is 2.